The van der Waals surface area contributed by atoms with Crippen LogP contribution in [-0.4, -0.2) is 45.0 Å². The standard InChI is InChI=1S/C20H12N4.C8H6O4/c1-2-14-10-16-5-6-18(23-16)12-20-8-7-19(24-20)11-17-4-3-15(22-17)9-13(1)21-14;9-7(10)5-3-1-2-4-6(5)8(11)12/h1-12H;1-4H,(H,9,10)(H,11,12). The van der Waals surface area contributed by atoms with Crippen molar-refractivity contribution in [2.24, 2.45) is 20.0 Å². The Hall–Kier alpha value is -5.24. The number of carboxylic acid groups (broad SMARTS) is 2. The van der Waals surface area contributed by atoms with Crippen LogP contribution in [0.1, 0.15) is 20.7 Å². The molecule has 5 heterocycles. The van der Waals surface area contributed by atoms with Gasteiger partial charge in [-0.15, -0.1) is 0 Å². The molecule has 8 heteroatoms. The first-order valence-corrected chi connectivity index (χ1v) is 10.9. The van der Waals surface area contributed by atoms with Crippen LogP contribution in [0.5, 0.6) is 0 Å². The number of nitrogens with zero attached hydrogens (tertiary/aromatic N) is 4. The summed E-state index contributed by atoms with van der Waals surface area (Å²) in [4.78, 5) is 39.3. The van der Waals surface area contributed by atoms with Gasteiger partial charge in [0.05, 0.1) is 56.8 Å². The van der Waals surface area contributed by atoms with E-state index >= 15 is 0 Å². The van der Waals surface area contributed by atoms with Crippen molar-refractivity contribution < 1.29 is 19.8 Å². The molecule has 0 aromatic heterocycles. The first-order chi connectivity index (χ1) is 17.4. The Morgan fingerprint density at radius 2 is 0.750 bits per heavy atom. The fourth-order valence-corrected chi connectivity index (χ4v) is 3.68. The van der Waals surface area contributed by atoms with Gasteiger partial charge in [0.2, 0.25) is 0 Å². The van der Waals surface area contributed by atoms with Crippen LogP contribution in [0.25, 0.3) is 0 Å². The van der Waals surface area contributed by atoms with E-state index in [0.29, 0.717) is 0 Å². The predicted molar refractivity (Wildman–Crippen MR) is 139 cm³/mol. The molecule has 0 atom stereocenters. The number of aromatic carboxylic acids is 2. The zero-order valence-electron chi connectivity index (χ0n) is 18.7. The highest BCUT2D eigenvalue weighted by Crippen LogP contribution is 2.20. The monoisotopic (exact) mass is 474 g/mol. The molecule has 2 N–H and O–H groups in total. The molecule has 1 aromatic carbocycles. The molecule has 0 amide bonds. The lowest BCUT2D eigenvalue weighted by molar-refractivity contribution is 0.0651. The highest BCUT2D eigenvalue weighted by atomic mass is 16.4. The maximum Gasteiger partial charge on any atom is 0.336 e. The minimum absolute atomic E-state index is 0.190. The zero-order valence-corrected chi connectivity index (χ0v) is 18.7. The highest BCUT2D eigenvalue weighted by Gasteiger charge is 2.14. The van der Waals surface area contributed by atoms with Gasteiger partial charge < -0.3 is 10.2 Å². The average Bonchev–Trinajstić information content (AvgIpc) is 3.66. The summed E-state index contributed by atoms with van der Waals surface area (Å²) in [6.07, 6.45) is 23.8. The first-order valence-electron chi connectivity index (χ1n) is 10.9. The Morgan fingerprint density at radius 3 is 1.00 bits per heavy atom. The Bertz CT molecular complexity index is 1350. The molecule has 0 saturated carbocycles. The molecule has 8 bridgehead atoms. The normalized spacial score (nSPS) is 18.2. The van der Waals surface area contributed by atoms with Crippen molar-refractivity contribution in [2.75, 3.05) is 0 Å². The van der Waals surface area contributed by atoms with Crippen molar-refractivity contribution >= 4 is 34.8 Å². The molecule has 0 aliphatic carbocycles. The van der Waals surface area contributed by atoms with E-state index in [1.165, 1.54) is 24.3 Å². The molecule has 0 unspecified atom stereocenters. The number of carbonyl (C=O) groups is 2. The second kappa shape index (κ2) is 9.55. The van der Waals surface area contributed by atoms with Crippen molar-refractivity contribution in [2.45, 2.75) is 0 Å². The van der Waals surface area contributed by atoms with E-state index in [2.05, 4.69) is 20.0 Å². The van der Waals surface area contributed by atoms with E-state index in [-0.39, 0.29) is 11.1 Å². The van der Waals surface area contributed by atoms with Crippen LogP contribution in [0.4, 0.5) is 0 Å². The number of benzene rings is 1. The fraction of sp³-hybridized carbons (Fsp3) is 0. The molecule has 36 heavy (non-hydrogen) atoms. The molecular weight excluding hydrogens is 456 g/mol. The van der Waals surface area contributed by atoms with Gasteiger partial charge in [-0.05, 0) is 85.0 Å². The van der Waals surface area contributed by atoms with Crippen molar-refractivity contribution in [1.29, 1.82) is 0 Å². The number of hydrogen-bond acceptors (Lipinski definition) is 6. The van der Waals surface area contributed by atoms with Gasteiger partial charge in [0.1, 0.15) is 0 Å². The summed E-state index contributed by atoms with van der Waals surface area (Å²) in [5.41, 5.74) is 6.77. The topological polar surface area (TPSA) is 124 Å². The van der Waals surface area contributed by atoms with E-state index in [0.717, 1.165) is 45.6 Å². The summed E-state index contributed by atoms with van der Waals surface area (Å²) >= 11 is 0. The molecule has 1 aromatic rings. The molecule has 0 fully saturated rings. The average molecular weight is 474 g/mol. The van der Waals surface area contributed by atoms with Gasteiger partial charge >= 0.3 is 11.9 Å². The van der Waals surface area contributed by atoms with E-state index in [4.69, 9.17) is 10.2 Å². The van der Waals surface area contributed by atoms with E-state index < -0.39 is 11.9 Å². The Labute approximate surface area is 205 Å². The SMILES string of the molecule is C1=CC2=NC1=CC1=NC(=CC3=NC(=CC4=NC(=C2)C=C4)C=C3)C=C1.O=C(O)c1ccccc1C(=O)O. The van der Waals surface area contributed by atoms with E-state index in [1.54, 1.807) is 0 Å². The van der Waals surface area contributed by atoms with Gasteiger partial charge in [0.25, 0.3) is 0 Å². The molecule has 174 valence electrons. The second-order valence-corrected chi connectivity index (χ2v) is 7.91. The van der Waals surface area contributed by atoms with E-state index in [9.17, 15) is 9.59 Å². The van der Waals surface area contributed by atoms with Gasteiger partial charge in [-0.3, -0.25) is 0 Å². The molecule has 5 aliphatic heterocycles. The predicted octanol–water partition coefficient (Wildman–Crippen LogP) is 4.66. The zero-order chi connectivity index (χ0) is 25.1. The van der Waals surface area contributed by atoms with Crippen LogP contribution < -0.4 is 0 Å². The number of hydrogen-bond donors (Lipinski definition) is 2. The first kappa shape index (κ1) is 22.5. The second-order valence-electron chi connectivity index (χ2n) is 7.91. The van der Waals surface area contributed by atoms with Crippen LogP contribution in [0.2, 0.25) is 0 Å². The summed E-state index contributed by atoms with van der Waals surface area (Å²) < 4.78 is 0. The van der Waals surface area contributed by atoms with E-state index in [1.807, 2.05) is 72.9 Å². The lowest BCUT2D eigenvalue weighted by atomic mass is 10.1. The molecule has 0 radical (unpaired) electrons. The summed E-state index contributed by atoms with van der Waals surface area (Å²) in [5, 5.41) is 17.1. The van der Waals surface area contributed by atoms with Gasteiger partial charge in [-0.2, -0.15) is 0 Å². The smallest absolute Gasteiger partial charge is 0.336 e. The number of rotatable bonds is 2. The minimum Gasteiger partial charge on any atom is -0.478 e. The van der Waals surface area contributed by atoms with Gasteiger partial charge in [0, 0.05) is 0 Å². The Kier molecular flexibility index (Phi) is 5.98. The highest BCUT2D eigenvalue weighted by molar-refractivity contribution is 6.14. The van der Waals surface area contributed by atoms with Gasteiger partial charge in [0.15, 0.2) is 0 Å². The van der Waals surface area contributed by atoms with Crippen molar-refractivity contribution in [3.8, 4) is 0 Å². The third kappa shape index (κ3) is 5.13. The summed E-state index contributed by atoms with van der Waals surface area (Å²) in [6.45, 7) is 0. The van der Waals surface area contributed by atoms with Crippen molar-refractivity contribution in [1.82, 2.24) is 0 Å². The molecule has 8 nitrogen and oxygen atoms in total. The fourth-order valence-electron chi connectivity index (χ4n) is 3.68. The van der Waals surface area contributed by atoms with Crippen molar-refractivity contribution in [3.63, 3.8) is 0 Å². The minimum atomic E-state index is -1.23. The lowest BCUT2D eigenvalue weighted by Crippen LogP contribution is -2.06. The number of carboxylic acids is 2. The van der Waals surface area contributed by atoms with Crippen molar-refractivity contribution in [3.05, 3.63) is 131 Å². The van der Waals surface area contributed by atoms with Crippen LogP contribution in [0.3, 0.4) is 0 Å². The van der Waals surface area contributed by atoms with Crippen LogP contribution >= 0.6 is 0 Å². The maximum absolute atomic E-state index is 10.5. The largest absolute Gasteiger partial charge is 0.478 e. The van der Waals surface area contributed by atoms with Crippen LogP contribution in [0, 0.1) is 0 Å². The molecule has 0 spiro atoms. The molecule has 6 rings (SSSR count). The quantitative estimate of drug-likeness (QED) is 0.647. The van der Waals surface area contributed by atoms with Crippen LogP contribution in [0.15, 0.2) is 140 Å². The number of aliphatic imine (C=N–C) groups is 4. The number of fused-ring (bicyclic) bond motifs is 4. The maximum atomic E-state index is 10.5. The Morgan fingerprint density at radius 1 is 0.472 bits per heavy atom. The van der Waals surface area contributed by atoms with Gasteiger partial charge in [-0.25, -0.2) is 29.6 Å². The summed E-state index contributed by atoms with van der Waals surface area (Å²) in [5.74, 6) is -2.46. The third-order valence-electron chi connectivity index (χ3n) is 5.30. The van der Waals surface area contributed by atoms with Gasteiger partial charge in [-0.1, -0.05) is 12.1 Å². The summed E-state index contributed by atoms with van der Waals surface area (Å²) in [6, 6.07) is 5.48. The summed E-state index contributed by atoms with van der Waals surface area (Å²) in [7, 11) is 0. The number of allylic oxidation sites excluding steroid dienone is 12. The molecule has 0 saturated heterocycles. The lowest BCUT2D eigenvalue weighted by Gasteiger charge is -1.98. The molecule has 5 aliphatic rings. The molecular formula is C28H18N4O4. The van der Waals surface area contributed by atoms with Crippen LogP contribution in [-0.2, 0) is 0 Å². The Balaban J connectivity index is 0.000000189. The third-order valence-corrected chi connectivity index (χ3v) is 5.30.